The molecule has 4 rings (SSSR count). The number of halogens is 3. The third kappa shape index (κ3) is 10.2. The Hall–Kier alpha value is -3.39. The van der Waals surface area contributed by atoms with Crippen molar-refractivity contribution in [3.63, 3.8) is 0 Å². The van der Waals surface area contributed by atoms with Crippen molar-refractivity contribution in [3.8, 4) is 0 Å². The molecule has 1 aliphatic heterocycles. The first kappa shape index (κ1) is 29.8. The van der Waals surface area contributed by atoms with Gasteiger partial charge in [0.15, 0.2) is 0 Å². The Morgan fingerprint density at radius 2 is 1.92 bits per heavy atom. The maximum Gasteiger partial charge on any atom is 0.266 e. The summed E-state index contributed by atoms with van der Waals surface area (Å²) in [5, 5.41) is 10.1. The van der Waals surface area contributed by atoms with Gasteiger partial charge in [-0.25, -0.2) is 13.8 Å². The number of benzene rings is 1. The fourth-order valence-electron chi connectivity index (χ4n) is 3.95. The van der Waals surface area contributed by atoms with E-state index in [1.165, 1.54) is 37.2 Å². The Bertz CT molecular complexity index is 1030. The number of nitrogens with one attached hydrogen (secondary N) is 2. The summed E-state index contributed by atoms with van der Waals surface area (Å²) < 4.78 is 36.7. The average molecular weight is 514 g/mol. The molecule has 2 aliphatic rings. The van der Waals surface area contributed by atoms with Gasteiger partial charge in [-0.1, -0.05) is 49.1 Å². The van der Waals surface area contributed by atoms with E-state index in [2.05, 4.69) is 59.7 Å². The second-order valence-corrected chi connectivity index (χ2v) is 9.08. The van der Waals surface area contributed by atoms with Crippen molar-refractivity contribution in [2.24, 2.45) is 5.73 Å². The van der Waals surface area contributed by atoms with Crippen molar-refractivity contribution >= 4 is 6.21 Å². The van der Waals surface area contributed by atoms with Crippen LogP contribution in [0, 0.1) is 11.4 Å². The van der Waals surface area contributed by atoms with Crippen molar-refractivity contribution < 1.29 is 13.2 Å². The quantitative estimate of drug-likeness (QED) is 0.213. The van der Waals surface area contributed by atoms with Gasteiger partial charge in [-0.3, -0.25) is 4.90 Å². The molecule has 0 bridgehead atoms. The van der Waals surface area contributed by atoms with Crippen LogP contribution in [0.3, 0.4) is 0 Å². The van der Waals surface area contributed by atoms with Crippen LogP contribution in [0.1, 0.15) is 49.1 Å². The van der Waals surface area contributed by atoms with Crippen LogP contribution >= 0.6 is 0 Å². The van der Waals surface area contributed by atoms with Gasteiger partial charge in [0.1, 0.15) is 0 Å². The van der Waals surface area contributed by atoms with Crippen LogP contribution < -0.4 is 11.1 Å². The Kier molecular flexibility index (Phi) is 12.6. The van der Waals surface area contributed by atoms with E-state index in [0.29, 0.717) is 18.2 Å². The lowest BCUT2D eigenvalue weighted by molar-refractivity contribution is 0.196. The number of hydrogen-bond acceptors (Lipinski definition) is 5. The van der Waals surface area contributed by atoms with E-state index in [4.69, 9.17) is 11.1 Å². The zero-order valence-corrected chi connectivity index (χ0v) is 21.5. The first-order valence-electron chi connectivity index (χ1n) is 12.4. The molecule has 1 atom stereocenters. The molecule has 8 heteroatoms. The maximum absolute atomic E-state index is 12.8. The molecule has 1 unspecified atom stereocenters. The fraction of sp³-hybridized carbons (Fsp3) is 0.379. The molecule has 4 N–H and O–H groups in total. The fourth-order valence-corrected chi connectivity index (χ4v) is 3.95. The van der Waals surface area contributed by atoms with Crippen molar-refractivity contribution in [2.75, 3.05) is 13.6 Å². The summed E-state index contributed by atoms with van der Waals surface area (Å²) in [6.45, 7) is 9.56. The number of nitrogens with two attached hydrogens (primary N) is 1. The van der Waals surface area contributed by atoms with E-state index in [9.17, 15) is 13.2 Å². The van der Waals surface area contributed by atoms with Gasteiger partial charge in [-0.05, 0) is 56.8 Å². The lowest BCUT2D eigenvalue weighted by atomic mass is 10.1. The normalized spacial score (nSPS) is 17.5. The highest BCUT2D eigenvalue weighted by molar-refractivity contribution is 5.77. The van der Waals surface area contributed by atoms with E-state index in [0.717, 1.165) is 30.6 Å². The molecule has 0 radical (unpaired) electrons. The standard InChI is InChI=1S/C14H20N2.C8H8FN.C7H10F2N2/c1-12(14-9-6-10-16(14)2)15-11-13-7-4-3-5-8-13;9-8-7(6-3-4-6)2-1-5-10-8;1-2-3-6(11)5(4-10)7(8)9/h3-5,7-8,14-15H,1,6,9-11H2,2H3;1-2,5-6H,3-4H2;2,4,7,10H,1,3,11H2/b;;6-5+,10-4?. The number of rotatable bonds is 9. The Labute approximate surface area is 218 Å². The van der Waals surface area contributed by atoms with Crippen molar-refractivity contribution in [1.82, 2.24) is 15.2 Å². The molecule has 1 aromatic carbocycles. The van der Waals surface area contributed by atoms with E-state index >= 15 is 0 Å². The van der Waals surface area contributed by atoms with E-state index in [1.54, 1.807) is 6.07 Å². The van der Waals surface area contributed by atoms with Gasteiger partial charge >= 0.3 is 0 Å². The lowest BCUT2D eigenvalue weighted by Crippen LogP contribution is -2.32. The first-order chi connectivity index (χ1) is 17.8. The monoisotopic (exact) mass is 513 g/mol. The third-order valence-corrected chi connectivity index (χ3v) is 6.22. The minimum atomic E-state index is -2.67. The smallest absolute Gasteiger partial charge is 0.266 e. The minimum absolute atomic E-state index is 0.00463. The zero-order chi connectivity index (χ0) is 27.2. The van der Waals surface area contributed by atoms with Crippen LogP contribution in [0.2, 0.25) is 0 Å². The van der Waals surface area contributed by atoms with Gasteiger partial charge in [0.25, 0.3) is 6.43 Å². The molecule has 2 heterocycles. The van der Waals surface area contributed by atoms with Crippen molar-refractivity contribution in [2.45, 2.75) is 57.0 Å². The van der Waals surface area contributed by atoms with Gasteiger partial charge in [0.05, 0.1) is 5.57 Å². The third-order valence-electron chi connectivity index (χ3n) is 6.22. The second-order valence-electron chi connectivity index (χ2n) is 9.08. The SMILES string of the molecule is C=C(NCc1ccccc1)C1CCCN1C.C=CC/C(N)=C(/C=N)C(F)F.Fc1ncccc1C1CC1. The predicted octanol–water partition coefficient (Wildman–Crippen LogP) is 6.17. The molecule has 2 aromatic rings. The molecular formula is C29H38F3N5. The van der Waals surface area contributed by atoms with Crippen LogP contribution in [0.5, 0.6) is 0 Å². The highest BCUT2D eigenvalue weighted by atomic mass is 19.3. The molecule has 200 valence electrons. The summed E-state index contributed by atoms with van der Waals surface area (Å²) in [7, 11) is 2.17. The minimum Gasteiger partial charge on any atom is -0.401 e. The average Bonchev–Trinajstić information content (AvgIpc) is 3.64. The summed E-state index contributed by atoms with van der Waals surface area (Å²) in [5.74, 6) is 0.179. The van der Waals surface area contributed by atoms with E-state index < -0.39 is 12.0 Å². The summed E-state index contributed by atoms with van der Waals surface area (Å²) in [6, 6.07) is 14.6. The molecule has 2 fully saturated rings. The van der Waals surface area contributed by atoms with Gasteiger partial charge in [0.2, 0.25) is 5.95 Å². The highest BCUT2D eigenvalue weighted by Gasteiger charge is 2.26. The molecule has 37 heavy (non-hydrogen) atoms. The van der Waals surface area contributed by atoms with E-state index in [1.807, 2.05) is 12.1 Å². The highest BCUT2D eigenvalue weighted by Crippen LogP contribution is 2.40. The van der Waals surface area contributed by atoms with Crippen molar-refractivity contribution in [1.29, 1.82) is 5.41 Å². The molecule has 1 saturated heterocycles. The number of nitrogens with zero attached hydrogens (tertiary/aromatic N) is 2. The summed E-state index contributed by atoms with van der Waals surface area (Å²) in [5.41, 5.74) is 8.06. The van der Waals surface area contributed by atoms with Crippen molar-refractivity contribution in [3.05, 3.63) is 102 Å². The molecular weight excluding hydrogens is 475 g/mol. The second kappa shape index (κ2) is 15.7. The number of likely N-dealkylation sites (tertiary alicyclic amines) is 1. The largest absolute Gasteiger partial charge is 0.401 e. The van der Waals surface area contributed by atoms with Gasteiger partial charge in [-0.2, -0.15) is 4.39 Å². The lowest BCUT2D eigenvalue weighted by Gasteiger charge is -2.22. The van der Waals surface area contributed by atoms with Gasteiger partial charge < -0.3 is 16.5 Å². The number of likely N-dealkylation sites (N-methyl/N-ethyl adjacent to an activating group) is 1. The predicted molar refractivity (Wildman–Crippen MR) is 145 cm³/mol. The summed E-state index contributed by atoms with van der Waals surface area (Å²) >= 11 is 0. The topological polar surface area (TPSA) is 78.0 Å². The first-order valence-corrected chi connectivity index (χ1v) is 12.4. The maximum atomic E-state index is 12.8. The van der Waals surface area contributed by atoms with Crippen LogP contribution in [0.25, 0.3) is 0 Å². The number of pyridine rings is 1. The zero-order valence-electron chi connectivity index (χ0n) is 21.5. The molecule has 1 aromatic heterocycles. The molecule has 0 amide bonds. The molecule has 1 aliphatic carbocycles. The Morgan fingerprint density at radius 3 is 2.43 bits per heavy atom. The van der Waals surface area contributed by atoms with Crippen LogP contribution in [0.15, 0.2) is 84.9 Å². The van der Waals surface area contributed by atoms with Crippen LogP contribution in [-0.2, 0) is 6.54 Å². The number of hydrogen-bond donors (Lipinski definition) is 3. The van der Waals surface area contributed by atoms with Gasteiger partial charge in [0, 0.05) is 48.4 Å². The molecule has 0 spiro atoms. The number of allylic oxidation sites excluding steroid dienone is 2. The Morgan fingerprint density at radius 1 is 1.22 bits per heavy atom. The molecule has 1 saturated carbocycles. The molecule has 5 nitrogen and oxygen atoms in total. The summed E-state index contributed by atoms with van der Waals surface area (Å²) in [6.07, 6.45) is 5.77. The van der Waals surface area contributed by atoms with E-state index in [-0.39, 0.29) is 18.1 Å². The number of aromatic nitrogens is 1. The summed E-state index contributed by atoms with van der Waals surface area (Å²) in [4.78, 5) is 5.95. The Balaban J connectivity index is 0.000000203. The van der Waals surface area contributed by atoms with Crippen LogP contribution in [0.4, 0.5) is 13.2 Å². The van der Waals surface area contributed by atoms with Crippen LogP contribution in [-0.4, -0.2) is 42.2 Å². The van der Waals surface area contributed by atoms with Gasteiger partial charge in [-0.15, -0.1) is 6.58 Å². The number of alkyl halides is 2.